The molecule has 0 saturated carbocycles. The second-order valence-corrected chi connectivity index (χ2v) is 9.77. The Hall–Kier alpha value is -2.95. The van der Waals surface area contributed by atoms with Crippen LogP contribution >= 0.6 is 46.6 Å². The standard InChI is InChI=1S/C25H18Cl3N5S/c1-14-10-19(20(12-29)15-2-4-16(26)5-3-15)21(28)11-22(14)33-24-23(30)25(32-13-31-24)34-18-8-6-17(27)7-9-18/h2-11,13,20H,30H2,1H3,(H,31,32,33). The number of hydrogen-bond donors (Lipinski definition) is 2. The molecule has 3 N–H and O–H groups in total. The lowest BCUT2D eigenvalue weighted by Crippen LogP contribution is -2.05. The number of nitrogen functional groups attached to an aromatic ring is 1. The normalized spacial score (nSPS) is 11.6. The molecule has 3 aromatic carbocycles. The molecule has 0 aliphatic heterocycles. The summed E-state index contributed by atoms with van der Waals surface area (Å²) in [5.41, 5.74) is 9.93. The van der Waals surface area contributed by atoms with E-state index < -0.39 is 5.92 Å². The first-order valence-corrected chi connectivity index (χ1v) is 12.1. The van der Waals surface area contributed by atoms with E-state index in [4.69, 9.17) is 40.5 Å². The van der Waals surface area contributed by atoms with E-state index in [1.165, 1.54) is 18.1 Å². The Bertz CT molecular complexity index is 1370. The fraction of sp³-hybridized carbons (Fsp3) is 0.0800. The van der Waals surface area contributed by atoms with E-state index in [0.29, 0.717) is 37.2 Å². The number of aryl methyl sites for hydroxylation is 1. The molecular formula is C25H18Cl3N5S. The zero-order valence-corrected chi connectivity index (χ0v) is 21.0. The lowest BCUT2D eigenvalue weighted by atomic mass is 9.91. The molecule has 170 valence electrons. The van der Waals surface area contributed by atoms with Crippen LogP contribution in [-0.4, -0.2) is 9.97 Å². The number of hydrogen-bond acceptors (Lipinski definition) is 6. The third-order valence-corrected chi connectivity index (χ3v) is 6.97. The summed E-state index contributed by atoms with van der Waals surface area (Å²) in [4.78, 5) is 9.56. The molecule has 0 fully saturated rings. The molecule has 1 unspecified atom stereocenters. The Balaban J connectivity index is 1.61. The van der Waals surface area contributed by atoms with Gasteiger partial charge in [-0.05, 0) is 66.1 Å². The number of halogens is 3. The minimum Gasteiger partial charge on any atom is -0.394 e. The third kappa shape index (κ3) is 5.40. The molecule has 1 aromatic heterocycles. The molecule has 0 spiro atoms. The molecule has 34 heavy (non-hydrogen) atoms. The smallest absolute Gasteiger partial charge is 0.158 e. The van der Waals surface area contributed by atoms with Crippen LogP contribution in [-0.2, 0) is 0 Å². The molecule has 0 aliphatic rings. The van der Waals surface area contributed by atoms with Crippen molar-refractivity contribution < 1.29 is 0 Å². The van der Waals surface area contributed by atoms with Gasteiger partial charge in [0.05, 0.1) is 12.0 Å². The maximum Gasteiger partial charge on any atom is 0.158 e. The summed E-state index contributed by atoms with van der Waals surface area (Å²) in [6.07, 6.45) is 1.45. The Morgan fingerprint density at radius 3 is 2.26 bits per heavy atom. The quantitative estimate of drug-likeness (QED) is 0.248. The summed E-state index contributed by atoms with van der Waals surface area (Å²) in [5.74, 6) is -0.0584. The second kappa shape index (κ2) is 10.5. The average molecular weight is 527 g/mol. The molecule has 0 radical (unpaired) electrons. The summed E-state index contributed by atoms with van der Waals surface area (Å²) in [5, 5.41) is 15.4. The van der Waals surface area contributed by atoms with Gasteiger partial charge in [0.1, 0.15) is 17.0 Å². The van der Waals surface area contributed by atoms with Gasteiger partial charge in [-0.2, -0.15) is 5.26 Å². The summed E-state index contributed by atoms with van der Waals surface area (Å²) in [6, 6.07) is 20.6. The first-order valence-electron chi connectivity index (χ1n) is 10.1. The van der Waals surface area contributed by atoms with Crippen LogP contribution in [0.5, 0.6) is 0 Å². The van der Waals surface area contributed by atoms with Crippen molar-refractivity contribution in [3.05, 3.63) is 98.7 Å². The fourth-order valence-electron chi connectivity index (χ4n) is 3.34. The summed E-state index contributed by atoms with van der Waals surface area (Å²) < 4.78 is 0. The Labute approximate surface area is 216 Å². The van der Waals surface area contributed by atoms with E-state index in [2.05, 4.69) is 21.4 Å². The van der Waals surface area contributed by atoms with Crippen LogP contribution in [0.1, 0.15) is 22.6 Å². The van der Waals surface area contributed by atoms with Gasteiger partial charge in [0.15, 0.2) is 5.82 Å². The van der Waals surface area contributed by atoms with Crippen molar-refractivity contribution in [2.75, 3.05) is 11.1 Å². The number of aromatic nitrogens is 2. The largest absolute Gasteiger partial charge is 0.394 e. The van der Waals surface area contributed by atoms with Gasteiger partial charge in [0, 0.05) is 25.7 Å². The fourth-order valence-corrected chi connectivity index (χ4v) is 4.67. The van der Waals surface area contributed by atoms with E-state index >= 15 is 0 Å². The van der Waals surface area contributed by atoms with Crippen LogP contribution in [0, 0.1) is 18.3 Å². The van der Waals surface area contributed by atoms with Gasteiger partial charge in [0.25, 0.3) is 0 Å². The molecule has 1 atom stereocenters. The van der Waals surface area contributed by atoms with E-state index in [1.807, 2.05) is 49.4 Å². The van der Waals surface area contributed by atoms with Gasteiger partial charge in [-0.3, -0.25) is 0 Å². The predicted molar refractivity (Wildman–Crippen MR) is 140 cm³/mol. The molecule has 5 nitrogen and oxygen atoms in total. The van der Waals surface area contributed by atoms with Crippen molar-refractivity contribution in [3.63, 3.8) is 0 Å². The third-order valence-electron chi connectivity index (χ3n) is 5.12. The van der Waals surface area contributed by atoms with Crippen LogP contribution in [0.25, 0.3) is 0 Å². The van der Waals surface area contributed by atoms with Gasteiger partial charge in [-0.15, -0.1) is 0 Å². The lowest BCUT2D eigenvalue weighted by Gasteiger charge is -2.17. The van der Waals surface area contributed by atoms with Crippen LogP contribution in [0.15, 0.2) is 76.9 Å². The molecule has 0 aliphatic carbocycles. The average Bonchev–Trinajstić information content (AvgIpc) is 2.82. The van der Waals surface area contributed by atoms with Gasteiger partial charge in [-0.25, -0.2) is 9.97 Å². The molecular weight excluding hydrogens is 509 g/mol. The number of nitrogens with two attached hydrogens (primary N) is 1. The van der Waals surface area contributed by atoms with E-state index in [1.54, 1.807) is 18.2 Å². The van der Waals surface area contributed by atoms with Crippen molar-refractivity contribution in [2.24, 2.45) is 0 Å². The Kier molecular flexibility index (Phi) is 7.50. The van der Waals surface area contributed by atoms with E-state index in [-0.39, 0.29) is 0 Å². The van der Waals surface area contributed by atoms with Gasteiger partial charge in [0.2, 0.25) is 0 Å². The number of anilines is 3. The maximum absolute atomic E-state index is 9.82. The van der Waals surface area contributed by atoms with Crippen LogP contribution in [0.4, 0.5) is 17.2 Å². The number of rotatable bonds is 6. The number of nitrogens with one attached hydrogen (secondary N) is 1. The number of nitriles is 1. The maximum atomic E-state index is 9.82. The van der Waals surface area contributed by atoms with Crippen LogP contribution in [0.2, 0.25) is 15.1 Å². The zero-order chi connectivity index (χ0) is 24.2. The lowest BCUT2D eigenvalue weighted by molar-refractivity contribution is 1.03. The van der Waals surface area contributed by atoms with Gasteiger partial charge in [-0.1, -0.05) is 64.8 Å². The van der Waals surface area contributed by atoms with Gasteiger partial charge < -0.3 is 11.1 Å². The second-order valence-electron chi connectivity index (χ2n) is 7.42. The molecule has 1 heterocycles. The highest BCUT2D eigenvalue weighted by atomic mass is 35.5. The van der Waals surface area contributed by atoms with Crippen molar-refractivity contribution in [1.82, 2.24) is 9.97 Å². The highest BCUT2D eigenvalue weighted by Crippen LogP contribution is 2.38. The van der Waals surface area contributed by atoms with E-state index in [0.717, 1.165) is 21.7 Å². The Morgan fingerprint density at radius 1 is 0.971 bits per heavy atom. The van der Waals surface area contributed by atoms with Crippen molar-refractivity contribution in [1.29, 1.82) is 5.26 Å². The SMILES string of the molecule is Cc1cc(C(C#N)c2ccc(Cl)cc2)c(Cl)cc1Nc1ncnc(Sc2ccc(Cl)cc2)c1N. The molecule has 0 bridgehead atoms. The highest BCUT2D eigenvalue weighted by Gasteiger charge is 2.19. The topological polar surface area (TPSA) is 87.6 Å². The Morgan fingerprint density at radius 2 is 1.62 bits per heavy atom. The van der Waals surface area contributed by atoms with E-state index in [9.17, 15) is 5.26 Å². The molecule has 4 aromatic rings. The number of benzene rings is 3. The summed E-state index contributed by atoms with van der Waals surface area (Å²) in [7, 11) is 0. The van der Waals surface area contributed by atoms with Crippen LogP contribution < -0.4 is 11.1 Å². The van der Waals surface area contributed by atoms with Crippen molar-refractivity contribution in [2.45, 2.75) is 22.8 Å². The minimum atomic E-state index is -0.524. The van der Waals surface area contributed by atoms with Crippen LogP contribution in [0.3, 0.4) is 0 Å². The number of nitrogens with zero attached hydrogens (tertiary/aromatic N) is 3. The molecule has 0 saturated heterocycles. The first-order chi connectivity index (χ1) is 16.4. The predicted octanol–water partition coefficient (Wildman–Crippen LogP) is 7.88. The zero-order valence-electron chi connectivity index (χ0n) is 17.9. The van der Waals surface area contributed by atoms with Crippen molar-refractivity contribution >= 4 is 63.8 Å². The summed E-state index contributed by atoms with van der Waals surface area (Å²) >= 11 is 20.0. The molecule has 0 amide bonds. The summed E-state index contributed by atoms with van der Waals surface area (Å²) in [6.45, 7) is 1.93. The minimum absolute atomic E-state index is 0.415. The molecule has 4 rings (SSSR count). The molecule has 9 heteroatoms. The first kappa shape index (κ1) is 24.2. The van der Waals surface area contributed by atoms with Crippen molar-refractivity contribution in [3.8, 4) is 6.07 Å². The monoisotopic (exact) mass is 525 g/mol. The van der Waals surface area contributed by atoms with Gasteiger partial charge >= 0.3 is 0 Å². The highest BCUT2D eigenvalue weighted by molar-refractivity contribution is 7.99.